The number of rotatable bonds is 6. The molecule has 3 rings (SSSR count). The summed E-state index contributed by atoms with van der Waals surface area (Å²) in [4.78, 5) is 25.7. The molecular weight excluding hydrogens is 308 g/mol. The molecule has 6 nitrogen and oxygen atoms in total. The highest BCUT2D eigenvalue weighted by Gasteiger charge is 2.21. The molecule has 1 fully saturated rings. The van der Waals surface area contributed by atoms with Gasteiger partial charge in [0.1, 0.15) is 13.2 Å². The third kappa shape index (κ3) is 4.55. The average Bonchev–Trinajstić information content (AvgIpc) is 3.13. The maximum atomic E-state index is 12.2. The maximum absolute atomic E-state index is 12.2. The largest absolute Gasteiger partial charge is 0.376 e. The second-order valence-electron chi connectivity index (χ2n) is 6.27. The van der Waals surface area contributed by atoms with E-state index in [0.717, 1.165) is 25.9 Å². The molecule has 0 aromatic heterocycles. The summed E-state index contributed by atoms with van der Waals surface area (Å²) in [6.45, 7) is 2.44. The van der Waals surface area contributed by atoms with E-state index < -0.39 is 0 Å². The molecule has 1 saturated heterocycles. The molecule has 1 aromatic rings. The van der Waals surface area contributed by atoms with Gasteiger partial charge in [0.05, 0.1) is 6.10 Å². The first-order valence-corrected chi connectivity index (χ1v) is 8.53. The number of nitrogens with one attached hydrogen (secondary N) is 1. The lowest BCUT2D eigenvalue weighted by molar-refractivity contribution is -0.139. The molecule has 2 heterocycles. The van der Waals surface area contributed by atoms with Crippen LogP contribution in [-0.4, -0.2) is 55.7 Å². The Labute approximate surface area is 142 Å². The van der Waals surface area contributed by atoms with Crippen molar-refractivity contribution in [2.24, 2.45) is 0 Å². The van der Waals surface area contributed by atoms with Crippen molar-refractivity contribution < 1.29 is 19.1 Å². The lowest BCUT2D eigenvalue weighted by Crippen LogP contribution is -2.39. The van der Waals surface area contributed by atoms with Gasteiger partial charge in [-0.15, -0.1) is 0 Å². The summed E-state index contributed by atoms with van der Waals surface area (Å²) in [5, 5.41) is 2.78. The van der Waals surface area contributed by atoms with Gasteiger partial charge in [-0.1, -0.05) is 24.3 Å². The van der Waals surface area contributed by atoms with E-state index in [4.69, 9.17) is 9.47 Å². The molecule has 1 unspecified atom stereocenters. The standard InChI is InChI=1S/C18H24N2O4/c21-17(19-10-16-6-3-9-24-16)12-23-13-18(22)20-8-7-14-4-1-2-5-15(14)11-20/h1-2,4-5,16H,3,6-13H2,(H,19,21). The predicted octanol–water partition coefficient (Wildman–Crippen LogP) is 0.883. The quantitative estimate of drug-likeness (QED) is 0.840. The van der Waals surface area contributed by atoms with Crippen LogP contribution < -0.4 is 5.32 Å². The first kappa shape index (κ1) is 16.9. The van der Waals surface area contributed by atoms with Gasteiger partial charge in [0.15, 0.2) is 0 Å². The molecule has 24 heavy (non-hydrogen) atoms. The minimum absolute atomic E-state index is 0.0600. The number of amides is 2. The summed E-state index contributed by atoms with van der Waals surface area (Å²) in [7, 11) is 0. The van der Waals surface area contributed by atoms with E-state index in [1.54, 1.807) is 4.90 Å². The van der Waals surface area contributed by atoms with Crippen molar-refractivity contribution >= 4 is 11.8 Å². The van der Waals surface area contributed by atoms with E-state index in [1.165, 1.54) is 11.1 Å². The number of carbonyl (C=O) groups excluding carboxylic acids is 2. The third-order valence-corrected chi connectivity index (χ3v) is 4.49. The molecule has 130 valence electrons. The molecule has 1 aromatic carbocycles. The van der Waals surface area contributed by atoms with E-state index >= 15 is 0 Å². The first-order valence-electron chi connectivity index (χ1n) is 8.53. The van der Waals surface area contributed by atoms with Crippen LogP contribution in [0.4, 0.5) is 0 Å². The Morgan fingerprint density at radius 1 is 1.25 bits per heavy atom. The van der Waals surface area contributed by atoms with Crippen LogP contribution in [0.5, 0.6) is 0 Å². The molecule has 2 aliphatic heterocycles. The lowest BCUT2D eigenvalue weighted by Gasteiger charge is -2.28. The van der Waals surface area contributed by atoms with Gasteiger partial charge < -0.3 is 19.7 Å². The number of ether oxygens (including phenoxy) is 2. The van der Waals surface area contributed by atoms with Crippen molar-refractivity contribution in [3.8, 4) is 0 Å². The van der Waals surface area contributed by atoms with Crippen LogP contribution in [-0.2, 0) is 32.0 Å². The molecule has 1 N–H and O–H groups in total. The monoisotopic (exact) mass is 332 g/mol. The smallest absolute Gasteiger partial charge is 0.248 e. The van der Waals surface area contributed by atoms with E-state index in [0.29, 0.717) is 19.6 Å². The Kier molecular flexibility index (Phi) is 5.82. The van der Waals surface area contributed by atoms with Crippen LogP contribution >= 0.6 is 0 Å². The van der Waals surface area contributed by atoms with Crippen molar-refractivity contribution in [3.63, 3.8) is 0 Å². The fourth-order valence-electron chi connectivity index (χ4n) is 3.11. The van der Waals surface area contributed by atoms with E-state index in [9.17, 15) is 9.59 Å². The number of hydrogen-bond acceptors (Lipinski definition) is 4. The van der Waals surface area contributed by atoms with E-state index in [2.05, 4.69) is 11.4 Å². The van der Waals surface area contributed by atoms with Gasteiger partial charge in [-0.3, -0.25) is 9.59 Å². The molecular formula is C18H24N2O4. The Hall–Kier alpha value is -1.92. The molecule has 0 spiro atoms. The number of fused-ring (bicyclic) bond motifs is 1. The van der Waals surface area contributed by atoms with Crippen LogP contribution in [0.1, 0.15) is 24.0 Å². The minimum Gasteiger partial charge on any atom is -0.376 e. The molecule has 0 saturated carbocycles. The molecule has 0 aliphatic carbocycles. The predicted molar refractivity (Wildman–Crippen MR) is 88.4 cm³/mol. The van der Waals surface area contributed by atoms with Crippen molar-refractivity contribution in [1.29, 1.82) is 0 Å². The highest BCUT2D eigenvalue weighted by molar-refractivity contribution is 5.79. The summed E-state index contributed by atoms with van der Waals surface area (Å²) in [6.07, 6.45) is 3.01. The van der Waals surface area contributed by atoms with Gasteiger partial charge >= 0.3 is 0 Å². The van der Waals surface area contributed by atoms with Crippen LogP contribution in [0.25, 0.3) is 0 Å². The summed E-state index contributed by atoms with van der Waals surface area (Å²) in [5.41, 5.74) is 2.49. The Bertz CT molecular complexity index is 584. The molecule has 2 aliphatic rings. The Morgan fingerprint density at radius 3 is 2.88 bits per heavy atom. The van der Waals surface area contributed by atoms with Gasteiger partial charge in [0, 0.05) is 26.2 Å². The highest BCUT2D eigenvalue weighted by atomic mass is 16.5. The SMILES string of the molecule is O=C(COCC(=O)N1CCc2ccccc2C1)NCC1CCCO1. The summed E-state index contributed by atoms with van der Waals surface area (Å²) >= 11 is 0. The number of carbonyl (C=O) groups is 2. The zero-order valence-electron chi connectivity index (χ0n) is 13.8. The molecule has 0 radical (unpaired) electrons. The topological polar surface area (TPSA) is 67.9 Å². The number of benzene rings is 1. The summed E-state index contributed by atoms with van der Waals surface area (Å²) in [5.74, 6) is -0.279. The summed E-state index contributed by atoms with van der Waals surface area (Å²) in [6, 6.07) is 8.16. The lowest BCUT2D eigenvalue weighted by atomic mass is 10.00. The fraction of sp³-hybridized carbons (Fsp3) is 0.556. The van der Waals surface area contributed by atoms with Crippen LogP contribution in [0.15, 0.2) is 24.3 Å². The first-order chi connectivity index (χ1) is 11.7. The van der Waals surface area contributed by atoms with Gasteiger partial charge in [0.25, 0.3) is 0 Å². The maximum Gasteiger partial charge on any atom is 0.248 e. The molecule has 6 heteroatoms. The Balaban J connectivity index is 1.34. The fourth-order valence-corrected chi connectivity index (χ4v) is 3.11. The van der Waals surface area contributed by atoms with Gasteiger partial charge in [-0.05, 0) is 30.4 Å². The molecule has 1 atom stereocenters. The van der Waals surface area contributed by atoms with Crippen molar-refractivity contribution in [1.82, 2.24) is 10.2 Å². The van der Waals surface area contributed by atoms with Gasteiger partial charge in [-0.2, -0.15) is 0 Å². The van der Waals surface area contributed by atoms with Crippen LogP contribution in [0.3, 0.4) is 0 Å². The second-order valence-corrected chi connectivity index (χ2v) is 6.27. The third-order valence-electron chi connectivity index (χ3n) is 4.49. The molecule has 0 bridgehead atoms. The zero-order chi connectivity index (χ0) is 16.8. The highest BCUT2D eigenvalue weighted by Crippen LogP contribution is 2.18. The van der Waals surface area contributed by atoms with E-state index in [-0.39, 0.29) is 31.1 Å². The van der Waals surface area contributed by atoms with Gasteiger partial charge in [0.2, 0.25) is 11.8 Å². The van der Waals surface area contributed by atoms with Crippen LogP contribution in [0.2, 0.25) is 0 Å². The normalized spacial score (nSPS) is 19.8. The summed E-state index contributed by atoms with van der Waals surface area (Å²) < 4.78 is 10.7. The number of hydrogen-bond donors (Lipinski definition) is 1. The van der Waals surface area contributed by atoms with E-state index in [1.807, 2.05) is 18.2 Å². The Morgan fingerprint density at radius 2 is 2.08 bits per heavy atom. The zero-order valence-corrected chi connectivity index (χ0v) is 13.8. The van der Waals surface area contributed by atoms with Crippen LogP contribution in [0, 0.1) is 0 Å². The minimum atomic E-state index is -0.206. The van der Waals surface area contributed by atoms with Crippen molar-refractivity contribution in [2.75, 3.05) is 32.9 Å². The van der Waals surface area contributed by atoms with Crippen molar-refractivity contribution in [2.45, 2.75) is 31.9 Å². The number of nitrogens with zero attached hydrogens (tertiary/aromatic N) is 1. The van der Waals surface area contributed by atoms with Crippen molar-refractivity contribution in [3.05, 3.63) is 35.4 Å². The second kappa shape index (κ2) is 8.26. The average molecular weight is 332 g/mol. The molecule has 2 amide bonds. The van der Waals surface area contributed by atoms with Gasteiger partial charge in [-0.25, -0.2) is 0 Å².